The van der Waals surface area contributed by atoms with Gasteiger partial charge in [-0.3, -0.25) is 4.79 Å². The molecule has 0 aromatic rings. The number of carbonyl (C=O) groups excluding carboxylic acids is 2. The third-order valence-electron chi connectivity index (χ3n) is 5.84. The molecule has 8 nitrogen and oxygen atoms in total. The Bertz CT molecular complexity index is 532. The standard InChI is InChI=1S/C24H46O8/c1-5-9-11-13-15-17-19-22(23(27,28)7-3,21(26)32-24(29,30)8-4)31-20(25)18-16-14-12-10-6-2/h27-30H,5-19H2,1-4H3. The van der Waals surface area contributed by atoms with Crippen LogP contribution in [0.4, 0.5) is 0 Å². The highest BCUT2D eigenvalue weighted by Gasteiger charge is 2.60. The summed E-state index contributed by atoms with van der Waals surface area (Å²) in [7, 11) is 0. The van der Waals surface area contributed by atoms with Crippen LogP contribution in [0.15, 0.2) is 0 Å². The van der Waals surface area contributed by atoms with E-state index in [2.05, 4.69) is 13.8 Å². The summed E-state index contributed by atoms with van der Waals surface area (Å²) in [5.74, 6) is -7.65. The number of rotatable bonds is 19. The quantitative estimate of drug-likeness (QED) is 0.128. The summed E-state index contributed by atoms with van der Waals surface area (Å²) in [4.78, 5) is 25.6. The predicted octanol–water partition coefficient (Wildman–Crippen LogP) is 4.06. The van der Waals surface area contributed by atoms with Gasteiger partial charge < -0.3 is 29.9 Å². The molecule has 0 spiro atoms. The van der Waals surface area contributed by atoms with Gasteiger partial charge in [0.15, 0.2) is 0 Å². The molecule has 1 unspecified atom stereocenters. The van der Waals surface area contributed by atoms with Crippen molar-refractivity contribution in [2.24, 2.45) is 0 Å². The van der Waals surface area contributed by atoms with Gasteiger partial charge in [-0.1, -0.05) is 85.5 Å². The van der Waals surface area contributed by atoms with Gasteiger partial charge in [0.25, 0.3) is 5.60 Å². The number of hydrogen-bond donors (Lipinski definition) is 4. The van der Waals surface area contributed by atoms with Crippen LogP contribution in [0.1, 0.15) is 124 Å². The summed E-state index contributed by atoms with van der Waals surface area (Å²) in [5, 5.41) is 41.1. The highest BCUT2D eigenvalue weighted by Crippen LogP contribution is 2.36. The number of hydrogen-bond acceptors (Lipinski definition) is 8. The van der Waals surface area contributed by atoms with E-state index in [9.17, 15) is 30.0 Å². The zero-order valence-corrected chi connectivity index (χ0v) is 20.5. The number of esters is 2. The number of ether oxygens (including phenoxy) is 2. The van der Waals surface area contributed by atoms with Gasteiger partial charge in [-0.2, -0.15) is 0 Å². The van der Waals surface area contributed by atoms with Crippen molar-refractivity contribution in [3.63, 3.8) is 0 Å². The van der Waals surface area contributed by atoms with Crippen molar-refractivity contribution in [3.8, 4) is 0 Å². The summed E-state index contributed by atoms with van der Waals surface area (Å²) in [6, 6.07) is 0. The maximum absolute atomic E-state index is 13.0. The first-order valence-electron chi connectivity index (χ1n) is 12.4. The van der Waals surface area contributed by atoms with Gasteiger partial charge >= 0.3 is 17.9 Å². The van der Waals surface area contributed by atoms with Gasteiger partial charge in [0.05, 0.1) is 0 Å². The van der Waals surface area contributed by atoms with Crippen LogP contribution in [-0.4, -0.2) is 49.7 Å². The monoisotopic (exact) mass is 462 g/mol. The lowest BCUT2D eigenvalue weighted by Gasteiger charge is -2.41. The molecule has 0 aromatic heterocycles. The summed E-state index contributed by atoms with van der Waals surface area (Å²) < 4.78 is 10.2. The fraction of sp³-hybridized carbons (Fsp3) is 0.917. The Morgan fingerprint density at radius 2 is 1.16 bits per heavy atom. The van der Waals surface area contributed by atoms with Crippen molar-refractivity contribution in [1.29, 1.82) is 0 Å². The highest BCUT2D eigenvalue weighted by molar-refractivity contribution is 5.85. The van der Waals surface area contributed by atoms with E-state index in [0.717, 1.165) is 51.4 Å². The molecule has 0 aromatic carbocycles. The van der Waals surface area contributed by atoms with Crippen LogP contribution in [0.3, 0.4) is 0 Å². The van der Waals surface area contributed by atoms with Gasteiger partial charge in [-0.05, 0) is 12.8 Å². The Labute approximate surface area is 193 Å². The molecule has 0 radical (unpaired) electrons. The SMILES string of the molecule is CCCCCCCCC(OC(=O)CCCCCCC)(C(=O)OC(O)(O)CC)C(O)(O)CC. The zero-order chi connectivity index (χ0) is 24.7. The molecule has 0 rings (SSSR count). The summed E-state index contributed by atoms with van der Waals surface area (Å²) in [6.45, 7) is 7.00. The maximum Gasteiger partial charge on any atom is 0.360 e. The minimum absolute atomic E-state index is 0.0200. The van der Waals surface area contributed by atoms with E-state index in [1.807, 2.05) is 0 Å². The van der Waals surface area contributed by atoms with Gasteiger partial charge in [0.1, 0.15) is 0 Å². The Hall–Kier alpha value is -1.22. The minimum atomic E-state index is -2.81. The number of unbranched alkanes of at least 4 members (excludes halogenated alkanes) is 9. The molecule has 1 atom stereocenters. The molecular formula is C24H46O8. The van der Waals surface area contributed by atoms with E-state index in [4.69, 9.17) is 9.47 Å². The van der Waals surface area contributed by atoms with Crippen LogP contribution in [0.5, 0.6) is 0 Å². The maximum atomic E-state index is 13.0. The Morgan fingerprint density at radius 1 is 0.656 bits per heavy atom. The normalized spacial score (nSPS) is 14.1. The van der Waals surface area contributed by atoms with E-state index < -0.39 is 29.3 Å². The molecule has 0 bridgehead atoms. The smallest absolute Gasteiger partial charge is 0.360 e. The summed E-state index contributed by atoms with van der Waals surface area (Å²) in [6.07, 6.45) is 8.75. The molecule has 0 aliphatic rings. The van der Waals surface area contributed by atoms with Gasteiger partial charge in [-0.25, -0.2) is 4.79 Å². The largest absolute Gasteiger partial charge is 0.441 e. The lowest BCUT2D eigenvalue weighted by Crippen LogP contribution is -2.63. The Kier molecular flexibility index (Phi) is 15.0. The van der Waals surface area contributed by atoms with E-state index in [1.165, 1.54) is 13.8 Å². The second kappa shape index (κ2) is 15.6. The zero-order valence-electron chi connectivity index (χ0n) is 20.5. The average Bonchev–Trinajstić information content (AvgIpc) is 2.74. The van der Waals surface area contributed by atoms with Crippen LogP contribution in [0.25, 0.3) is 0 Å². The van der Waals surface area contributed by atoms with E-state index in [0.29, 0.717) is 19.3 Å². The van der Waals surface area contributed by atoms with Crippen LogP contribution in [-0.2, 0) is 19.1 Å². The van der Waals surface area contributed by atoms with Crippen molar-refractivity contribution in [2.45, 2.75) is 141 Å². The van der Waals surface area contributed by atoms with Crippen molar-refractivity contribution in [1.82, 2.24) is 0 Å². The van der Waals surface area contributed by atoms with Crippen molar-refractivity contribution < 1.29 is 39.5 Å². The van der Waals surface area contributed by atoms with Crippen LogP contribution < -0.4 is 0 Å². The number of aliphatic hydroxyl groups is 4. The molecule has 32 heavy (non-hydrogen) atoms. The van der Waals surface area contributed by atoms with Gasteiger partial charge in [0.2, 0.25) is 5.79 Å². The third kappa shape index (κ3) is 10.6. The van der Waals surface area contributed by atoms with E-state index in [-0.39, 0.29) is 25.7 Å². The summed E-state index contributed by atoms with van der Waals surface area (Å²) >= 11 is 0. The molecule has 8 heteroatoms. The molecule has 0 aliphatic carbocycles. The molecule has 0 amide bonds. The van der Waals surface area contributed by atoms with Crippen LogP contribution in [0.2, 0.25) is 0 Å². The molecule has 190 valence electrons. The topological polar surface area (TPSA) is 134 Å². The number of carbonyl (C=O) groups is 2. The van der Waals surface area contributed by atoms with Crippen molar-refractivity contribution in [2.75, 3.05) is 0 Å². The molecule has 0 fully saturated rings. The third-order valence-corrected chi connectivity index (χ3v) is 5.84. The first kappa shape index (κ1) is 30.8. The predicted molar refractivity (Wildman–Crippen MR) is 121 cm³/mol. The first-order valence-corrected chi connectivity index (χ1v) is 12.4. The van der Waals surface area contributed by atoms with Gasteiger partial charge in [0, 0.05) is 25.7 Å². The van der Waals surface area contributed by atoms with Crippen molar-refractivity contribution >= 4 is 11.9 Å². The summed E-state index contributed by atoms with van der Waals surface area (Å²) in [5.41, 5.74) is -2.45. The molecular weight excluding hydrogens is 416 g/mol. The molecule has 0 aliphatic heterocycles. The molecule has 4 N–H and O–H groups in total. The van der Waals surface area contributed by atoms with Crippen molar-refractivity contribution in [3.05, 3.63) is 0 Å². The van der Waals surface area contributed by atoms with Crippen LogP contribution in [0, 0.1) is 0 Å². The van der Waals surface area contributed by atoms with Crippen LogP contribution >= 0.6 is 0 Å². The van der Waals surface area contributed by atoms with E-state index in [1.54, 1.807) is 0 Å². The van der Waals surface area contributed by atoms with Gasteiger partial charge in [-0.15, -0.1) is 0 Å². The molecule has 0 saturated carbocycles. The minimum Gasteiger partial charge on any atom is -0.441 e. The Morgan fingerprint density at radius 3 is 1.66 bits per heavy atom. The highest BCUT2D eigenvalue weighted by atomic mass is 16.8. The first-order chi connectivity index (χ1) is 15.0. The Balaban J connectivity index is 5.57. The second-order valence-corrected chi connectivity index (χ2v) is 8.64. The second-order valence-electron chi connectivity index (χ2n) is 8.64. The average molecular weight is 463 g/mol. The lowest BCUT2D eigenvalue weighted by molar-refractivity contribution is -0.342. The fourth-order valence-corrected chi connectivity index (χ4v) is 3.50. The molecule has 0 saturated heterocycles. The molecule has 0 heterocycles. The van der Waals surface area contributed by atoms with E-state index >= 15 is 0 Å². The lowest BCUT2D eigenvalue weighted by atomic mass is 9.84. The fourth-order valence-electron chi connectivity index (χ4n) is 3.50.